The van der Waals surface area contributed by atoms with E-state index in [1.807, 2.05) is 6.08 Å². The zero-order valence-electron chi connectivity index (χ0n) is 9.17. The molecule has 0 aliphatic carbocycles. The third-order valence-corrected chi connectivity index (χ3v) is 3.64. The summed E-state index contributed by atoms with van der Waals surface area (Å²) in [6.07, 6.45) is 4.25. The molecule has 5 heteroatoms. The van der Waals surface area contributed by atoms with Gasteiger partial charge in [-0.25, -0.2) is 4.39 Å². The van der Waals surface area contributed by atoms with Gasteiger partial charge in [0.05, 0.1) is 0 Å². The second-order valence-corrected chi connectivity index (χ2v) is 5.88. The molecule has 1 rings (SSSR count). The highest BCUT2D eigenvalue weighted by Crippen LogP contribution is 2.26. The predicted molar refractivity (Wildman–Crippen MR) is 75.9 cm³/mol. The maximum Gasteiger partial charge on any atom is 0.185 e. The molecule has 0 aliphatic heterocycles. The quantitative estimate of drug-likeness (QED) is 0.725. The van der Waals surface area contributed by atoms with Crippen molar-refractivity contribution in [1.29, 1.82) is 0 Å². The number of carbonyl (C=O) groups is 1. The molecule has 1 aromatic carbocycles. The molecular weight excluding hydrogens is 327 g/mol. The van der Waals surface area contributed by atoms with E-state index in [4.69, 9.17) is 11.6 Å². The van der Waals surface area contributed by atoms with Crippen LogP contribution in [0.4, 0.5) is 4.39 Å². The first-order chi connectivity index (χ1) is 8.00. The second-order valence-electron chi connectivity index (χ2n) is 3.31. The minimum absolute atomic E-state index is 0.0947. The van der Waals surface area contributed by atoms with Crippen LogP contribution in [-0.4, -0.2) is 10.9 Å². The maximum atomic E-state index is 13.5. The highest BCUT2D eigenvalue weighted by molar-refractivity contribution is 9.10. The van der Waals surface area contributed by atoms with Gasteiger partial charge in [-0.3, -0.25) is 4.79 Å². The summed E-state index contributed by atoms with van der Waals surface area (Å²) in [4.78, 5) is 10.7. The minimum Gasteiger partial charge on any atom is -0.288 e. The molecule has 0 aromatic heterocycles. The predicted octanol–water partition coefficient (Wildman–Crippen LogP) is 4.92. The molecule has 0 atom stereocenters. The molecule has 0 unspecified atom stereocenters. The third kappa shape index (κ3) is 5.23. The van der Waals surface area contributed by atoms with Gasteiger partial charge in [0.1, 0.15) is 5.82 Å². The van der Waals surface area contributed by atoms with E-state index in [2.05, 4.69) is 15.9 Å². The van der Waals surface area contributed by atoms with Crippen molar-refractivity contribution in [3.63, 3.8) is 0 Å². The fourth-order valence-corrected chi connectivity index (χ4v) is 2.63. The van der Waals surface area contributed by atoms with E-state index >= 15 is 0 Å². The van der Waals surface area contributed by atoms with Crippen molar-refractivity contribution in [3.05, 3.63) is 39.1 Å². The van der Waals surface area contributed by atoms with Crippen LogP contribution in [0.3, 0.4) is 0 Å². The van der Waals surface area contributed by atoms with Gasteiger partial charge in [-0.15, -0.1) is 0 Å². The van der Waals surface area contributed by atoms with Gasteiger partial charge < -0.3 is 0 Å². The average Bonchev–Trinajstić information content (AvgIpc) is 2.20. The molecule has 0 amide bonds. The molecule has 0 heterocycles. The summed E-state index contributed by atoms with van der Waals surface area (Å²) in [6.45, 7) is 1.53. The lowest BCUT2D eigenvalue weighted by atomic mass is 10.2. The average molecular weight is 338 g/mol. The second kappa shape index (κ2) is 7.19. The fraction of sp³-hybridized carbons (Fsp3) is 0.250. The van der Waals surface area contributed by atoms with Crippen molar-refractivity contribution in [2.45, 2.75) is 13.3 Å². The van der Waals surface area contributed by atoms with Gasteiger partial charge in [-0.2, -0.15) is 0 Å². The molecule has 17 heavy (non-hydrogen) atoms. The Morgan fingerprint density at radius 3 is 2.88 bits per heavy atom. The van der Waals surface area contributed by atoms with Gasteiger partial charge in [-0.05, 0) is 18.6 Å². The molecule has 0 aliphatic rings. The molecule has 0 N–H and O–H groups in total. The van der Waals surface area contributed by atoms with Gasteiger partial charge in [0, 0.05) is 27.7 Å². The van der Waals surface area contributed by atoms with Gasteiger partial charge in [0.2, 0.25) is 0 Å². The lowest BCUT2D eigenvalue weighted by Crippen LogP contribution is -1.86. The van der Waals surface area contributed by atoms with Crippen LogP contribution >= 0.6 is 39.3 Å². The highest BCUT2D eigenvalue weighted by Gasteiger charge is 2.05. The first kappa shape index (κ1) is 14.7. The molecule has 0 radical (unpaired) electrons. The van der Waals surface area contributed by atoms with Crippen LogP contribution in [0.2, 0.25) is 5.02 Å². The smallest absolute Gasteiger partial charge is 0.185 e. The molecule has 0 bridgehead atoms. The van der Waals surface area contributed by atoms with Crippen molar-refractivity contribution in [1.82, 2.24) is 0 Å². The molecule has 0 saturated carbocycles. The van der Waals surface area contributed by atoms with Crippen molar-refractivity contribution in [2.24, 2.45) is 0 Å². The van der Waals surface area contributed by atoms with Crippen molar-refractivity contribution < 1.29 is 9.18 Å². The first-order valence-electron chi connectivity index (χ1n) is 4.95. The molecule has 92 valence electrons. The number of halogens is 3. The lowest BCUT2D eigenvalue weighted by Gasteiger charge is -2.01. The Bertz CT molecular complexity index is 425. The zero-order chi connectivity index (χ0) is 12.8. The minimum atomic E-state index is -0.361. The summed E-state index contributed by atoms with van der Waals surface area (Å²) < 4.78 is 14.1. The van der Waals surface area contributed by atoms with Crippen LogP contribution in [0.15, 0.2) is 22.7 Å². The van der Waals surface area contributed by atoms with E-state index < -0.39 is 0 Å². The van der Waals surface area contributed by atoms with Crippen LogP contribution < -0.4 is 0 Å². The summed E-state index contributed by atoms with van der Waals surface area (Å²) in [5, 5.41) is 0.455. The van der Waals surface area contributed by atoms with E-state index in [0.29, 0.717) is 20.8 Å². The number of thioether (sulfide) groups is 1. The molecule has 0 saturated heterocycles. The Balaban J connectivity index is 2.62. The Morgan fingerprint density at radius 1 is 1.59 bits per heavy atom. The number of hydrogen-bond donors (Lipinski definition) is 0. The number of carbonyl (C=O) groups excluding carboxylic acids is 1. The molecule has 0 fully saturated rings. The van der Waals surface area contributed by atoms with Crippen molar-refractivity contribution in [2.75, 3.05) is 5.75 Å². The van der Waals surface area contributed by atoms with Crippen LogP contribution in [-0.2, 0) is 4.79 Å². The summed E-state index contributed by atoms with van der Waals surface area (Å²) in [6, 6.07) is 2.92. The van der Waals surface area contributed by atoms with Crippen LogP contribution in [0.5, 0.6) is 0 Å². The monoisotopic (exact) mass is 336 g/mol. The SMILES string of the molecule is CC(=O)SCCC=Cc1c(F)cc(Cl)cc1Br. The zero-order valence-corrected chi connectivity index (χ0v) is 12.3. The number of rotatable bonds is 4. The van der Waals surface area contributed by atoms with Crippen LogP contribution in [0, 0.1) is 5.82 Å². The van der Waals surface area contributed by atoms with Crippen LogP contribution in [0.25, 0.3) is 6.08 Å². The highest BCUT2D eigenvalue weighted by atomic mass is 79.9. The molecule has 1 aromatic rings. The number of benzene rings is 1. The summed E-state index contributed by atoms with van der Waals surface area (Å²) in [5.74, 6) is 0.346. The van der Waals surface area contributed by atoms with E-state index in [1.54, 1.807) is 12.1 Å². The Morgan fingerprint density at radius 2 is 2.29 bits per heavy atom. The summed E-state index contributed by atoms with van der Waals surface area (Å²) >= 11 is 10.2. The molecule has 1 nitrogen and oxygen atoms in total. The van der Waals surface area contributed by atoms with Crippen molar-refractivity contribution in [3.8, 4) is 0 Å². The van der Waals surface area contributed by atoms with Crippen LogP contribution in [0.1, 0.15) is 18.9 Å². The number of hydrogen-bond acceptors (Lipinski definition) is 2. The van der Waals surface area contributed by atoms with Gasteiger partial charge in [0.25, 0.3) is 0 Å². The standard InChI is InChI=1S/C12H11BrClFOS/c1-8(16)17-5-3-2-4-10-11(13)6-9(14)7-12(10)15/h2,4,6-7H,3,5H2,1H3. The third-order valence-electron chi connectivity index (χ3n) is 1.92. The largest absolute Gasteiger partial charge is 0.288 e. The maximum absolute atomic E-state index is 13.5. The van der Waals surface area contributed by atoms with E-state index in [9.17, 15) is 9.18 Å². The van der Waals surface area contributed by atoms with Gasteiger partial charge in [-0.1, -0.05) is 51.4 Å². The van der Waals surface area contributed by atoms with E-state index in [0.717, 1.165) is 6.42 Å². The van der Waals surface area contributed by atoms with E-state index in [-0.39, 0.29) is 10.9 Å². The Labute approximate surface area is 118 Å². The van der Waals surface area contributed by atoms with Gasteiger partial charge in [0.15, 0.2) is 5.12 Å². The lowest BCUT2D eigenvalue weighted by molar-refractivity contribution is -0.109. The summed E-state index contributed by atoms with van der Waals surface area (Å²) in [5.41, 5.74) is 0.474. The number of allylic oxidation sites excluding steroid dienone is 1. The first-order valence-corrected chi connectivity index (χ1v) is 7.11. The normalized spacial score (nSPS) is 11.1. The summed E-state index contributed by atoms with van der Waals surface area (Å²) in [7, 11) is 0. The fourth-order valence-electron chi connectivity index (χ4n) is 1.18. The Kier molecular flexibility index (Phi) is 6.23. The van der Waals surface area contributed by atoms with Gasteiger partial charge >= 0.3 is 0 Å². The molecule has 0 spiro atoms. The Hall–Kier alpha value is -0.320. The molecular formula is C12H11BrClFOS. The van der Waals surface area contributed by atoms with E-state index in [1.165, 1.54) is 24.8 Å². The topological polar surface area (TPSA) is 17.1 Å². The van der Waals surface area contributed by atoms with Crippen molar-refractivity contribution >= 4 is 50.5 Å².